The number of ether oxygens (including phenoxy) is 1. The molecule has 2 rings (SSSR count). The smallest absolute Gasteiger partial charge is 0.252 e. The van der Waals surface area contributed by atoms with E-state index in [1.807, 2.05) is 6.92 Å². The monoisotopic (exact) mass is 290 g/mol. The molecule has 0 aliphatic heterocycles. The number of halogens is 1. The first kappa shape index (κ1) is 14.4. The summed E-state index contributed by atoms with van der Waals surface area (Å²) in [4.78, 5) is 11.3. The van der Waals surface area contributed by atoms with Crippen molar-refractivity contribution < 1.29 is 9.53 Å². The zero-order valence-corrected chi connectivity index (χ0v) is 11.7. The molecular weight excluding hydrogens is 276 g/mol. The molecule has 4 nitrogen and oxygen atoms in total. The van der Waals surface area contributed by atoms with Crippen molar-refractivity contribution in [2.75, 3.05) is 0 Å². The van der Waals surface area contributed by atoms with Crippen LogP contribution in [0.4, 0.5) is 0 Å². The third kappa shape index (κ3) is 3.10. The van der Waals surface area contributed by atoms with Gasteiger partial charge in [0.2, 0.25) is 0 Å². The molecule has 2 aromatic rings. The van der Waals surface area contributed by atoms with Crippen LogP contribution < -0.4 is 16.2 Å². The number of para-hydroxylation sites is 1. The van der Waals surface area contributed by atoms with E-state index < -0.39 is 5.91 Å². The number of hydrogen-bond donors (Lipinski definition) is 2. The van der Waals surface area contributed by atoms with E-state index in [-0.39, 0.29) is 6.04 Å². The SMILES string of the molecule is CC(N)c1ccc(Oc2ccccc2C(N)=O)cc1Cl. The molecule has 0 aliphatic carbocycles. The van der Waals surface area contributed by atoms with Gasteiger partial charge >= 0.3 is 0 Å². The second kappa shape index (κ2) is 5.94. The highest BCUT2D eigenvalue weighted by molar-refractivity contribution is 6.31. The first-order valence-corrected chi connectivity index (χ1v) is 6.48. The predicted molar refractivity (Wildman–Crippen MR) is 79.1 cm³/mol. The summed E-state index contributed by atoms with van der Waals surface area (Å²) in [5.41, 5.74) is 12.2. The van der Waals surface area contributed by atoms with Crippen LogP contribution in [0.2, 0.25) is 5.02 Å². The lowest BCUT2D eigenvalue weighted by atomic mass is 10.1. The molecule has 0 fully saturated rings. The average molecular weight is 291 g/mol. The highest BCUT2D eigenvalue weighted by Gasteiger charge is 2.11. The summed E-state index contributed by atoms with van der Waals surface area (Å²) in [6.07, 6.45) is 0. The molecule has 0 saturated heterocycles. The molecule has 104 valence electrons. The van der Waals surface area contributed by atoms with Gasteiger partial charge in [-0.25, -0.2) is 0 Å². The minimum absolute atomic E-state index is 0.158. The van der Waals surface area contributed by atoms with Gasteiger partial charge in [0, 0.05) is 11.1 Å². The highest BCUT2D eigenvalue weighted by Crippen LogP contribution is 2.30. The first-order chi connectivity index (χ1) is 9.49. The van der Waals surface area contributed by atoms with Crippen molar-refractivity contribution in [3.63, 3.8) is 0 Å². The van der Waals surface area contributed by atoms with Crippen molar-refractivity contribution >= 4 is 17.5 Å². The number of primary amides is 1. The lowest BCUT2D eigenvalue weighted by Gasteiger charge is -2.12. The number of carbonyl (C=O) groups is 1. The maximum Gasteiger partial charge on any atom is 0.252 e. The number of nitrogens with two attached hydrogens (primary N) is 2. The number of carbonyl (C=O) groups excluding carboxylic acids is 1. The van der Waals surface area contributed by atoms with Crippen LogP contribution >= 0.6 is 11.6 Å². The molecule has 0 heterocycles. The van der Waals surface area contributed by atoms with Gasteiger partial charge in [0.05, 0.1) is 5.56 Å². The van der Waals surface area contributed by atoms with Crippen molar-refractivity contribution in [3.8, 4) is 11.5 Å². The Bertz CT molecular complexity index is 642. The van der Waals surface area contributed by atoms with Crippen LogP contribution in [0.1, 0.15) is 28.9 Å². The van der Waals surface area contributed by atoms with Gasteiger partial charge in [-0.1, -0.05) is 29.8 Å². The number of benzene rings is 2. The summed E-state index contributed by atoms with van der Waals surface area (Å²) < 4.78 is 5.66. The van der Waals surface area contributed by atoms with Gasteiger partial charge in [-0.05, 0) is 36.8 Å². The third-order valence-electron chi connectivity index (χ3n) is 2.84. The molecule has 1 amide bonds. The third-order valence-corrected chi connectivity index (χ3v) is 3.17. The normalized spacial score (nSPS) is 11.9. The molecule has 0 saturated carbocycles. The van der Waals surface area contributed by atoms with Crippen LogP contribution in [0, 0.1) is 0 Å². The van der Waals surface area contributed by atoms with E-state index in [4.69, 9.17) is 27.8 Å². The van der Waals surface area contributed by atoms with Crippen LogP contribution in [-0.4, -0.2) is 5.91 Å². The fourth-order valence-electron chi connectivity index (χ4n) is 1.83. The molecule has 0 spiro atoms. The van der Waals surface area contributed by atoms with E-state index in [1.165, 1.54) is 0 Å². The van der Waals surface area contributed by atoms with Gasteiger partial charge in [0.1, 0.15) is 11.5 Å². The van der Waals surface area contributed by atoms with E-state index in [9.17, 15) is 4.79 Å². The van der Waals surface area contributed by atoms with E-state index in [1.54, 1.807) is 42.5 Å². The predicted octanol–water partition coefficient (Wildman–Crippen LogP) is 3.25. The maximum atomic E-state index is 11.3. The van der Waals surface area contributed by atoms with Crippen molar-refractivity contribution in [1.29, 1.82) is 0 Å². The zero-order valence-electron chi connectivity index (χ0n) is 11.0. The summed E-state index contributed by atoms with van der Waals surface area (Å²) in [6.45, 7) is 1.85. The lowest BCUT2D eigenvalue weighted by molar-refractivity contribution is 0.0998. The summed E-state index contributed by atoms with van der Waals surface area (Å²) in [6, 6.07) is 11.8. The number of rotatable bonds is 4. The molecule has 0 aromatic heterocycles. The van der Waals surface area contributed by atoms with Crippen LogP contribution in [0.25, 0.3) is 0 Å². The molecule has 2 aromatic carbocycles. The Morgan fingerprint density at radius 2 is 1.95 bits per heavy atom. The zero-order chi connectivity index (χ0) is 14.7. The van der Waals surface area contributed by atoms with Crippen molar-refractivity contribution in [1.82, 2.24) is 0 Å². The fraction of sp³-hybridized carbons (Fsp3) is 0.133. The molecule has 1 unspecified atom stereocenters. The minimum atomic E-state index is -0.543. The van der Waals surface area contributed by atoms with Crippen LogP contribution in [-0.2, 0) is 0 Å². The summed E-state index contributed by atoms with van der Waals surface area (Å²) in [5, 5.41) is 0.522. The summed E-state index contributed by atoms with van der Waals surface area (Å²) in [7, 11) is 0. The summed E-state index contributed by atoms with van der Waals surface area (Å²) in [5.74, 6) is 0.372. The molecular formula is C15H15ClN2O2. The molecule has 5 heteroatoms. The summed E-state index contributed by atoms with van der Waals surface area (Å²) >= 11 is 6.14. The van der Waals surface area contributed by atoms with E-state index in [0.717, 1.165) is 5.56 Å². The van der Waals surface area contributed by atoms with Gasteiger partial charge in [-0.3, -0.25) is 4.79 Å². The molecule has 20 heavy (non-hydrogen) atoms. The Morgan fingerprint density at radius 1 is 1.25 bits per heavy atom. The molecule has 1 atom stereocenters. The first-order valence-electron chi connectivity index (χ1n) is 6.10. The van der Waals surface area contributed by atoms with Gasteiger partial charge in [-0.2, -0.15) is 0 Å². The largest absolute Gasteiger partial charge is 0.456 e. The fourth-order valence-corrected chi connectivity index (χ4v) is 2.17. The van der Waals surface area contributed by atoms with Gasteiger partial charge in [0.15, 0.2) is 0 Å². The number of amides is 1. The second-order valence-electron chi connectivity index (χ2n) is 4.43. The van der Waals surface area contributed by atoms with Crippen molar-refractivity contribution in [2.24, 2.45) is 11.5 Å². The lowest BCUT2D eigenvalue weighted by Crippen LogP contribution is -2.12. The Labute approximate surface area is 122 Å². The Balaban J connectivity index is 2.31. The van der Waals surface area contributed by atoms with Crippen LogP contribution in [0.5, 0.6) is 11.5 Å². The number of hydrogen-bond acceptors (Lipinski definition) is 3. The van der Waals surface area contributed by atoms with Crippen molar-refractivity contribution in [2.45, 2.75) is 13.0 Å². The Kier molecular flexibility index (Phi) is 4.27. The topological polar surface area (TPSA) is 78.3 Å². The minimum Gasteiger partial charge on any atom is -0.456 e. The maximum absolute atomic E-state index is 11.3. The molecule has 0 bridgehead atoms. The average Bonchev–Trinajstić information content (AvgIpc) is 2.38. The molecule has 0 aliphatic rings. The Hall–Kier alpha value is -2.04. The van der Waals surface area contributed by atoms with Crippen molar-refractivity contribution in [3.05, 3.63) is 58.6 Å². The van der Waals surface area contributed by atoms with E-state index in [2.05, 4.69) is 0 Å². The standard InChI is InChI=1S/C15H15ClN2O2/c1-9(17)11-7-6-10(8-13(11)16)20-14-5-3-2-4-12(14)15(18)19/h2-9H,17H2,1H3,(H2,18,19). The second-order valence-corrected chi connectivity index (χ2v) is 4.84. The van der Waals surface area contributed by atoms with E-state index >= 15 is 0 Å². The molecule has 0 radical (unpaired) electrons. The highest BCUT2D eigenvalue weighted by atomic mass is 35.5. The Morgan fingerprint density at radius 3 is 2.55 bits per heavy atom. The van der Waals surface area contributed by atoms with Gasteiger partial charge in [0.25, 0.3) is 5.91 Å². The molecule has 4 N–H and O–H groups in total. The van der Waals surface area contributed by atoms with Gasteiger partial charge < -0.3 is 16.2 Å². The van der Waals surface area contributed by atoms with Crippen LogP contribution in [0.3, 0.4) is 0 Å². The van der Waals surface area contributed by atoms with Gasteiger partial charge in [-0.15, -0.1) is 0 Å². The quantitative estimate of drug-likeness (QED) is 0.907. The van der Waals surface area contributed by atoms with Crippen LogP contribution in [0.15, 0.2) is 42.5 Å². The van der Waals surface area contributed by atoms with E-state index in [0.29, 0.717) is 22.1 Å².